The first-order valence-corrected chi connectivity index (χ1v) is 5.61. The van der Waals surface area contributed by atoms with E-state index in [1.807, 2.05) is 12.1 Å². The maximum atomic E-state index is 8.95. The number of nitrogens with zero attached hydrogens (tertiary/aromatic N) is 3. The molecule has 0 aromatic heterocycles. The molecule has 0 aliphatic rings. The molecule has 83 valence electrons. The predicted octanol–water partition coefficient (Wildman–Crippen LogP) is -0.421. The molecule has 0 heterocycles. The third-order valence-electron chi connectivity index (χ3n) is 2.17. The highest BCUT2D eigenvalue weighted by atomic mass is 16.3. The molecule has 9 radical (unpaired) electrons. The number of rotatable bonds is 5. The van der Waals surface area contributed by atoms with Gasteiger partial charge in [0.15, 0.2) is 0 Å². The molecule has 1 rings (SSSR count). The van der Waals surface area contributed by atoms with Crippen LogP contribution in [-0.4, -0.2) is 62.4 Å². The van der Waals surface area contributed by atoms with Gasteiger partial charge in [-0.3, -0.25) is 0 Å². The Kier molecular flexibility index (Phi) is 10.0. The van der Waals surface area contributed by atoms with Gasteiger partial charge in [-0.1, -0.05) is 17.2 Å². The Morgan fingerprint density at radius 3 is 2.21 bits per heavy atom. The van der Waals surface area contributed by atoms with Gasteiger partial charge >= 0.3 is 0 Å². The first-order chi connectivity index (χ1) is 9.01. The van der Waals surface area contributed by atoms with Crippen LogP contribution in [0.1, 0.15) is 5.56 Å². The Labute approximate surface area is 120 Å². The number of hydrogen-bond acceptors (Lipinski definition) is 2. The van der Waals surface area contributed by atoms with Crippen molar-refractivity contribution in [1.29, 1.82) is 0 Å². The van der Waals surface area contributed by atoms with Crippen LogP contribution in [0, 0.1) is 0 Å². The SMILES string of the molecule is [B][B]B([B])B([B])[B].[N-]=[N+]=NCCc1ccc(O)cc1. The molecule has 0 spiro atoms. The standard InChI is InChI=1S/C8H9N3O.B7/c9-11-10-6-5-7-1-3-8(12)4-2-7;1-5-7(4)6(2)3/h1-4,12H,5-6H2;. The van der Waals surface area contributed by atoms with Crippen molar-refractivity contribution in [3.63, 3.8) is 0 Å². The van der Waals surface area contributed by atoms with Crippen molar-refractivity contribution >= 4 is 50.8 Å². The minimum Gasteiger partial charge on any atom is -0.508 e. The summed E-state index contributed by atoms with van der Waals surface area (Å²) in [5.74, 6) is 0.252. The minimum atomic E-state index is -0.537. The lowest BCUT2D eigenvalue weighted by Gasteiger charge is -2.05. The molecule has 19 heavy (non-hydrogen) atoms. The van der Waals surface area contributed by atoms with Crippen LogP contribution in [0.2, 0.25) is 0 Å². The Hall–Kier alpha value is -1.22. The number of phenols is 1. The lowest BCUT2D eigenvalue weighted by Crippen LogP contribution is -2.43. The van der Waals surface area contributed by atoms with Crippen LogP contribution >= 0.6 is 0 Å². The van der Waals surface area contributed by atoms with Gasteiger partial charge in [0.25, 0.3) is 0 Å². The normalized spacial score (nSPS) is 8.42. The van der Waals surface area contributed by atoms with Crippen LogP contribution in [0.3, 0.4) is 0 Å². The molecular weight excluding hydrogens is 230 g/mol. The highest BCUT2D eigenvalue weighted by molar-refractivity contribution is 7.81. The van der Waals surface area contributed by atoms with Gasteiger partial charge in [-0.2, -0.15) is 0 Å². The van der Waals surface area contributed by atoms with Crippen LogP contribution < -0.4 is 0 Å². The number of benzene rings is 1. The van der Waals surface area contributed by atoms with Gasteiger partial charge in [0.2, 0.25) is 0 Å². The quantitative estimate of drug-likeness (QED) is 0.322. The van der Waals surface area contributed by atoms with E-state index >= 15 is 0 Å². The molecule has 1 aromatic rings. The highest BCUT2D eigenvalue weighted by Gasteiger charge is 2.06. The average Bonchev–Trinajstić information content (AvgIpc) is 2.41. The smallest absolute Gasteiger partial charge is 0.115 e. The molecule has 4 nitrogen and oxygen atoms in total. The Bertz CT molecular complexity index is 396. The lowest BCUT2D eigenvalue weighted by molar-refractivity contribution is 0.475. The molecule has 0 unspecified atom stereocenters. The van der Waals surface area contributed by atoms with Crippen LogP contribution in [-0.2, 0) is 6.42 Å². The van der Waals surface area contributed by atoms with Crippen molar-refractivity contribution in [1.82, 2.24) is 0 Å². The summed E-state index contributed by atoms with van der Waals surface area (Å²) in [5.41, 5.74) is 9.06. The van der Waals surface area contributed by atoms with Crippen molar-refractivity contribution in [3.8, 4) is 5.75 Å². The van der Waals surface area contributed by atoms with Gasteiger partial charge in [0, 0.05) is 62.2 Å². The summed E-state index contributed by atoms with van der Waals surface area (Å²) in [5, 5.41) is 12.4. The molecule has 0 atom stereocenters. The summed E-state index contributed by atoms with van der Waals surface area (Å²) >= 11 is 0. The van der Waals surface area contributed by atoms with Crippen LogP contribution in [0.25, 0.3) is 10.4 Å². The van der Waals surface area contributed by atoms with Crippen molar-refractivity contribution in [2.75, 3.05) is 6.54 Å². The number of phenolic OH excluding ortho intramolecular Hbond substituents is 1. The monoisotopic (exact) mass is 240 g/mol. The molecule has 0 aliphatic carbocycles. The first kappa shape index (κ1) is 17.8. The fraction of sp³-hybridized carbons (Fsp3) is 0.250. The number of hydrogen-bond donors (Lipinski definition) is 1. The number of aromatic hydroxyl groups is 1. The van der Waals surface area contributed by atoms with Crippen LogP contribution in [0.4, 0.5) is 0 Å². The molecular formula is C8H9B7N3O. The summed E-state index contributed by atoms with van der Waals surface area (Å²) in [4.78, 5) is 2.64. The largest absolute Gasteiger partial charge is 0.508 e. The van der Waals surface area contributed by atoms with Gasteiger partial charge in [-0.25, -0.2) is 0 Å². The fourth-order valence-electron chi connectivity index (χ4n) is 1.01. The van der Waals surface area contributed by atoms with Gasteiger partial charge in [0.1, 0.15) is 5.75 Å². The highest BCUT2D eigenvalue weighted by Crippen LogP contribution is 2.09. The number of azide groups is 1. The van der Waals surface area contributed by atoms with E-state index in [9.17, 15) is 0 Å². The zero-order chi connectivity index (χ0) is 14.7. The third kappa shape index (κ3) is 9.37. The van der Waals surface area contributed by atoms with E-state index in [0.29, 0.717) is 13.0 Å². The first-order valence-electron chi connectivity index (χ1n) is 5.61. The van der Waals surface area contributed by atoms with E-state index in [0.717, 1.165) is 5.56 Å². The maximum absolute atomic E-state index is 8.95. The van der Waals surface area contributed by atoms with Gasteiger partial charge < -0.3 is 5.11 Å². The Balaban J connectivity index is 0.000000399. The summed E-state index contributed by atoms with van der Waals surface area (Å²) in [6.45, 7) is 0.460. The van der Waals surface area contributed by atoms with Crippen LogP contribution in [0.5, 0.6) is 5.75 Å². The zero-order valence-electron chi connectivity index (χ0n) is 10.6. The molecule has 0 saturated heterocycles. The summed E-state index contributed by atoms with van der Waals surface area (Å²) in [6, 6.07) is 6.85. The summed E-state index contributed by atoms with van der Waals surface area (Å²) < 4.78 is 0. The second-order valence-electron chi connectivity index (χ2n) is 3.72. The summed E-state index contributed by atoms with van der Waals surface area (Å²) in [7, 11) is 21.6. The molecule has 0 amide bonds. The van der Waals surface area contributed by atoms with Crippen molar-refractivity contribution < 1.29 is 5.11 Å². The zero-order valence-corrected chi connectivity index (χ0v) is 10.6. The van der Waals surface area contributed by atoms with Gasteiger partial charge in [-0.05, 0) is 29.6 Å². The molecule has 1 N–H and O–H groups in total. The van der Waals surface area contributed by atoms with E-state index in [-0.39, 0.29) is 12.1 Å². The molecule has 0 saturated carbocycles. The second kappa shape index (κ2) is 10.7. The third-order valence-corrected chi connectivity index (χ3v) is 2.17. The lowest BCUT2D eigenvalue weighted by atomic mass is 8.76. The minimum absolute atomic E-state index is 0.252. The van der Waals surface area contributed by atoms with Crippen molar-refractivity contribution in [2.24, 2.45) is 5.11 Å². The molecule has 0 aliphatic heterocycles. The topological polar surface area (TPSA) is 69.0 Å². The Morgan fingerprint density at radius 2 is 1.84 bits per heavy atom. The van der Waals surface area contributed by atoms with E-state index in [2.05, 4.69) is 10.0 Å². The van der Waals surface area contributed by atoms with Crippen LogP contribution in [0.15, 0.2) is 29.4 Å². The summed E-state index contributed by atoms with van der Waals surface area (Å²) in [6.07, 6.45) is -0.213. The van der Waals surface area contributed by atoms with E-state index in [1.54, 1.807) is 12.1 Å². The fourth-order valence-corrected chi connectivity index (χ4v) is 1.01. The molecule has 0 fully saturated rings. The molecule has 11 heteroatoms. The van der Waals surface area contributed by atoms with Crippen molar-refractivity contribution in [3.05, 3.63) is 40.3 Å². The van der Waals surface area contributed by atoms with Gasteiger partial charge in [-0.15, -0.1) is 0 Å². The molecule has 1 aromatic carbocycles. The van der Waals surface area contributed by atoms with Crippen molar-refractivity contribution in [2.45, 2.75) is 6.42 Å². The second-order valence-corrected chi connectivity index (χ2v) is 3.72. The van der Waals surface area contributed by atoms with E-state index in [4.69, 9.17) is 41.6 Å². The Morgan fingerprint density at radius 1 is 1.26 bits per heavy atom. The van der Waals surface area contributed by atoms with E-state index < -0.39 is 6.39 Å². The molecule has 0 bridgehead atoms. The maximum Gasteiger partial charge on any atom is 0.115 e. The van der Waals surface area contributed by atoms with E-state index in [1.165, 1.54) is 7.06 Å². The van der Waals surface area contributed by atoms with Gasteiger partial charge in [0.05, 0.1) is 0 Å². The average molecular weight is 239 g/mol. The predicted molar refractivity (Wildman–Crippen MR) is 86.1 cm³/mol.